The van der Waals surface area contributed by atoms with Gasteiger partial charge < -0.3 is 9.47 Å². The van der Waals surface area contributed by atoms with Gasteiger partial charge in [-0.05, 0) is 67.1 Å². The lowest BCUT2D eigenvalue weighted by Crippen LogP contribution is -2.39. The van der Waals surface area contributed by atoms with Crippen LogP contribution in [-0.2, 0) is 14.3 Å². The van der Waals surface area contributed by atoms with Crippen molar-refractivity contribution in [2.45, 2.75) is 19.9 Å². The number of rotatable bonds is 8. The number of esters is 2. The first-order valence-electron chi connectivity index (χ1n) is 14.2. The van der Waals surface area contributed by atoms with Crippen molar-refractivity contribution < 1.29 is 23.5 Å². The zero-order valence-corrected chi connectivity index (χ0v) is 25.7. The number of nitrogens with zero attached hydrogens (tertiary/aromatic N) is 4. The number of fused-ring (bicyclic) bond motifs is 1. The Morgan fingerprint density at radius 3 is 2.43 bits per heavy atom. The Morgan fingerprint density at radius 1 is 1.04 bits per heavy atom. The summed E-state index contributed by atoms with van der Waals surface area (Å²) < 4.78 is 27.9. The standard InChI is InChI=1S/C35H27FN4O5S/c1-4-18-44-34(43)30-21(2)37-35-40(32(30)24-12-16-28(17-13-24)45-22(3)41)33(42)29(46-35)19-25-20-39(27-8-6-5-7-9-27)38-31(25)23-10-14-26(36)15-11-23/h4-17,19-20,32H,1,18H2,2-3H3/b29-19-. The maximum atomic E-state index is 14.2. The first kappa shape index (κ1) is 30.4. The maximum Gasteiger partial charge on any atom is 0.338 e. The highest BCUT2D eigenvalue weighted by Crippen LogP contribution is 2.32. The summed E-state index contributed by atoms with van der Waals surface area (Å²) in [6.45, 7) is 6.59. The lowest BCUT2D eigenvalue weighted by Gasteiger charge is -2.24. The molecule has 6 rings (SSSR count). The van der Waals surface area contributed by atoms with Gasteiger partial charge in [-0.25, -0.2) is 18.9 Å². The van der Waals surface area contributed by atoms with E-state index >= 15 is 0 Å². The lowest BCUT2D eigenvalue weighted by molar-refractivity contribution is -0.138. The monoisotopic (exact) mass is 634 g/mol. The van der Waals surface area contributed by atoms with E-state index in [0.29, 0.717) is 43.2 Å². The molecule has 3 aromatic carbocycles. The van der Waals surface area contributed by atoms with E-state index in [1.165, 1.54) is 41.0 Å². The Balaban J connectivity index is 1.53. The molecule has 1 atom stereocenters. The van der Waals surface area contributed by atoms with Gasteiger partial charge in [-0.15, -0.1) is 0 Å². The van der Waals surface area contributed by atoms with Crippen molar-refractivity contribution in [2.24, 2.45) is 4.99 Å². The van der Waals surface area contributed by atoms with Gasteiger partial charge in [0, 0.05) is 24.2 Å². The van der Waals surface area contributed by atoms with Crippen LogP contribution in [0.3, 0.4) is 0 Å². The normalized spacial score (nSPS) is 14.4. The highest BCUT2D eigenvalue weighted by atomic mass is 32.1. The molecule has 11 heteroatoms. The number of aromatic nitrogens is 3. The van der Waals surface area contributed by atoms with Crippen LogP contribution in [0, 0.1) is 5.82 Å². The van der Waals surface area contributed by atoms with E-state index in [1.54, 1.807) is 60.3 Å². The van der Waals surface area contributed by atoms with Crippen molar-refractivity contribution in [1.82, 2.24) is 14.3 Å². The quantitative estimate of drug-likeness (QED) is 0.137. The molecule has 2 aromatic heterocycles. The van der Waals surface area contributed by atoms with Gasteiger partial charge in [-0.1, -0.05) is 54.3 Å². The van der Waals surface area contributed by atoms with Gasteiger partial charge in [-0.3, -0.25) is 14.2 Å². The van der Waals surface area contributed by atoms with Crippen LogP contribution >= 0.6 is 11.3 Å². The summed E-state index contributed by atoms with van der Waals surface area (Å²) in [4.78, 5) is 44.1. The molecule has 46 heavy (non-hydrogen) atoms. The summed E-state index contributed by atoms with van der Waals surface area (Å²) in [5.74, 6) is -1.16. The molecule has 0 saturated heterocycles. The molecule has 0 fully saturated rings. The van der Waals surface area contributed by atoms with E-state index in [2.05, 4.69) is 11.6 Å². The van der Waals surface area contributed by atoms with Gasteiger partial charge in [0.15, 0.2) is 4.80 Å². The van der Waals surface area contributed by atoms with Crippen LogP contribution in [-0.4, -0.2) is 32.9 Å². The Kier molecular flexibility index (Phi) is 8.41. The molecule has 9 nitrogen and oxygen atoms in total. The molecule has 230 valence electrons. The number of hydrogen-bond donors (Lipinski definition) is 0. The molecule has 0 spiro atoms. The lowest BCUT2D eigenvalue weighted by atomic mass is 9.96. The zero-order valence-electron chi connectivity index (χ0n) is 24.8. The number of halogens is 1. The maximum absolute atomic E-state index is 14.2. The fourth-order valence-corrected chi connectivity index (χ4v) is 6.21. The van der Waals surface area contributed by atoms with E-state index in [9.17, 15) is 18.8 Å². The smallest absolute Gasteiger partial charge is 0.338 e. The van der Waals surface area contributed by atoms with Crippen molar-refractivity contribution in [3.05, 3.63) is 146 Å². The topological polar surface area (TPSA) is 105 Å². The molecule has 0 aliphatic carbocycles. The van der Waals surface area contributed by atoms with Gasteiger partial charge >= 0.3 is 11.9 Å². The van der Waals surface area contributed by atoms with Crippen molar-refractivity contribution in [2.75, 3.05) is 6.61 Å². The predicted molar refractivity (Wildman–Crippen MR) is 172 cm³/mol. The molecule has 1 aliphatic heterocycles. The minimum absolute atomic E-state index is 0.0181. The Morgan fingerprint density at radius 2 is 1.76 bits per heavy atom. The fourth-order valence-electron chi connectivity index (χ4n) is 5.17. The number of carbonyl (C=O) groups is 2. The summed E-state index contributed by atoms with van der Waals surface area (Å²) in [7, 11) is 0. The number of hydrogen-bond acceptors (Lipinski definition) is 8. The van der Waals surface area contributed by atoms with E-state index < -0.39 is 18.0 Å². The van der Waals surface area contributed by atoms with Crippen LogP contribution in [0.5, 0.6) is 5.75 Å². The van der Waals surface area contributed by atoms with Crippen molar-refractivity contribution >= 4 is 29.4 Å². The number of ether oxygens (including phenoxy) is 2. The van der Waals surface area contributed by atoms with E-state index in [1.807, 2.05) is 30.3 Å². The van der Waals surface area contributed by atoms with Crippen LogP contribution in [0.1, 0.15) is 31.0 Å². The van der Waals surface area contributed by atoms with E-state index in [-0.39, 0.29) is 23.6 Å². The second-order valence-electron chi connectivity index (χ2n) is 10.4. The zero-order chi connectivity index (χ0) is 32.4. The van der Waals surface area contributed by atoms with Crippen LogP contribution < -0.4 is 19.6 Å². The summed E-state index contributed by atoms with van der Waals surface area (Å²) in [6.07, 6.45) is 4.99. The van der Waals surface area contributed by atoms with Crippen LogP contribution in [0.4, 0.5) is 4.39 Å². The SMILES string of the molecule is C=CCOC(=O)C1=C(C)N=c2s/c(=C\c3cn(-c4ccccc4)nc3-c3ccc(F)cc3)c(=O)n2C1c1ccc(OC(C)=O)cc1. The van der Waals surface area contributed by atoms with Crippen LogP contribution in [0.2, 0.25) is 0 Å². The van der Waals surface area contributed by atoms with E-state index in [0.717, 1.165) is 5.69 Å². The number of carbonyl (C=O) groups excluding carboxylic acids is 2. The average Bonchev–Trinajstić information content (AvgIpc) is 3.60. The number of thiazole rings is 1. The van der Waals surface area contributed by atoms with Gasteiger partial charge in [0.25, 0.3) is 5.56 Å². The highest BCUT2D eigenvalue weighted by molar-refractivity contribution is 7.07. The second-order valence-corrected chi connectivity index (χ2v) is 11.4. The van der Waals surface area contributed by atoms with Gasteiger partial charge in [0.1, 0.15) is 23.9 Å². The average molecular weight is 635 g/mol. The minimum atomic E-state index is -0.870. The fraction of sp³-hybridized carbons (Fsp3) is 0.114. The van der Waals surface area contributed by atoms with Gasteiger partial charge in [0.2, 0.25) is 0 Å². The molecule has 0 N–H and O–H groups in total. The van der Waals surface area contributed by atoms with Crippen molar-refractivity contribution in [3.8, 4) is 22.7 Å². The molecule has 0 amide bonds. The molecular weight excluding hydrogens is 607 g/mol. The largest absolute Gasteiger partial charge is 0.458 e. The Hall–Kier alpha value is -5.68. The Labute approximate surface area is 266 Å². The molecule has 1 aliphatic rings. The third kappa shape index (κ3) is 6.00. The van der Waals surface area contributed by atoms with Crippen molar-refractivity contribution in [1.29, 1.82) is 0 Å². The number of para-hydroxylation sites is 1. The van der Waals surface area contributed by atoms with E-state index in [4.69, 9.17) is 14.6 Å². The van der Waals surface area contributed by atoms with Gasteiger partial charge in [-0.2, -0.15) is 5.10 Å². The second kappa shape index (κ2) is 12.7. The van der Waals surface area contributed by atoms with Crippen LogP contribution in [0.15, 0.2) is 119 Å². The summed E-state index contributed by atoms with van der Waals surface area (Å²) in [6, 6.07) is 21.2. The van der Waals surface area contributed by atoms with Gasteiger partial charge in [0.05, 0.1) is 27.5 Å². The van der Waals surface area contributed by atoms with Crippen molar-refractivity contribution in [3.63, 3.8) is 0 Å². The highest BCUT2D eigenvalue weighted by Gasteiger charge is 2.33. The summed E-state index contributed by atoms with van der Waals surface area (Å²) in [5.41, 5.74) is 3.47. The third-order valence-corrected chi connectivity index (χ3v) is 8.18. The molecule has 0 radical (unpaired) electrons. The molecule has 0 bridgehead atoms. The summed E-state index contributed by atoms with van der Waals surface area (Å²) in [5, 5.41) is 4.78. The number of benzene rings is 3. The first-order valence-corrected chi connectivity index (χ1v) is 15.0. The molecule has 0 saturated carbocycles. The molecule has 5 aromatic rings. The first-order chi connectivity index (χ1) is 22.2. The Bertz CT molecular complexity index is 2180. The number of allylic oxidation sites excluding steroid dienone is 1. The third-order valence-electron chi connectivity index (χ3n) is 7.20. The molecular formula is C35H27FN4O5S. The molecule has 1 unspecified atom stereocenters. The predicted octanol–water partition coefficient (Wildman–Crippen LogP) is 4.88. The summed E-state index contributed by atoms with van der Waals surface area (Å²) >= 11 is 1.17. The molecule has 3 heterocycles. The minimum Gasteiger partial charge on any atom is -0.458 e. The van der Waals surface area contributed by atoms with Crippen LogP contribution in [0.25, 0.3) is 23.0 Å².